The van der Waals surface area contributed by atoms with Crippen LogP contribution in [0.25, 0.3) is 0 Å². The van der Waals surface area contributed by atoms with Crippen LogP contribution in [0.1, 0.15) is 18.4 Å². The predicted octanol–water partition coefficient (Wildman–Crippen LogP) is 2.93. The Bertz CT molecular complexity index is 496. The van der Waals surface area contributed by atoms with Crippen molar-refractivity contribution in [2.45, 2.75) is 12.8 Å². The Labute approximate surface area is 107 Å². The standard InChI is InChI=1S/C15H16N2O/c1-12(13-8-4-2-5-9-13)15(18)17-16-14-10-6-3-7-11-14/h2-12,16H,1H3,(H,17,18)/t12-/m1/s1. The first kappa shape index (κ1) is 12.2. The number of para-hydroxylation sites is 1. The minimum absolute atomic E-state index is 0.0509. The van der Waals surface area contributed by atoms with Crippen molar-refractivity contribution in [2.75, 3.05) is 5.43 Å². The highest BCUT2D eigenvalue weighted by Crippen LogP contribution is 2.14. The van der Waals surface area contributed by atoms with Gasteiger partial charge in [-0.05, 0) is 24.6 Å². The maximum atomic E-state index is 11.9. The molecule has 18 heavy (non-hydrogen) atoms. The third-order valence-corrected chi connectivity index (χ3v) is 2.80. The van der Waals surface area contributed by atoms with Crippen molar-refractivity contribution < 1.29 is 4.79 Å². The second-order valence-corrected chi connectivity index (χ2v) is 4.11. The molecule has 2 aromatic rings. The molecule has 1 amide bonds. The second kappa shape index (κ2) is 5.87. The fraction of sp³-hybridized carbons (Fsp3) is 0.133. The van der Waals surface area contributed by atoms with E-state index in [0.29, 0.717) is 0 Å². The molecule has 0 aliphatic carbocycles. The first-order valence-electron chi connectivity index (χ1n) is 5.93. The predicted molar refractivity (Wildman–Crippen MR) is 73.1 cm³/mol. The van der Waals surface area contributed by atoms with Crippen LogP contribution in [0.2, 0.25) is 0 Å². The van der Waals surface area contributed by atoms with Gasteiger partial charge in [-0.1, -0.05) is 48.5 Å². The molecule has 0 unspecified atom stereocenters. The van der Waals surface area contributed by atoms with Crippen LogP contribution in [-0.4, -0.2) is 5.91 Å². The number of carbonyl (C=O) groups is 1. The molecule has 2 N–H and O–H groups in total. The Kier molecular flexibility index (Phi) is 3.97. The van der Waals surface area contributed by atoms with Gasteiger partial charge in [0.05, 0.1) is 11.6 Å². The van der Waals surface area contributed by atoms with Gasteiger partial charge < -0.3 is 0 Å². The summed E-state index contributed by atoms with van der Waals surface area (Å²) in [5.41, 5.74) is 7.48. The Morgan fingerprint density at radius 1 is 0.944 bits per heavy atom. The van der Waals surface area contributed by atoms with Gasteiger partial charge in [-0.15, -0.1) is 0 Å². The number of anilines is 1. The summed E-state index contributed by atoms with van der Waals surface area (Å²) in [7, 11) is 0. The molecule has 0 spiro atoms. The van der Waals surface area contributed by atoms with Gasteiger partial charge in [-0.3, -0.25) is 15.6 Å². The van der Waals surface area contributed by atoms with Crippen molar-refractivity contribution in [1.82, 2.24) is 5.43 Å². The SMILES string of the molecule is C[C@@H](C(=O)NNc1ccccc1)c1ccccc1. The molecule has 0 bridgehead atoms. The van der Waals surface area contributed by atoms with Crippen LogP contribution in [0.3, 0.4) is 0 Å². The molecular formula is C15H16N2O. The minimum Gasteiger partial charge on any atom is -0.299 e. The molecule has 0 fully saturated rings. The number of rotatable bonds is 4. The molecule has 2 aromatic carbocycles. The van der Waals surface area contributed by atoms with Gasteiger partial charge in [-0.2, -0.15) is 0 Å². The van der Waals surface area contributed by atoms with E-state index in [2.05, 4.69) is 10.9 Å². The van der Waals surface area contributed by atoms with Crippen molar-refractivity contribution in [2.24, 2.45) is 0 Å². The molecule has 0 saturated carbocycles. The van der Waals surface area contributed by atoms with E-state index in [9.17, 15) is 4.79 Å². The van der Waals surface area contributed by atoms with Crippen LogP contribution in [0.4, 0.5) is 5.69 Å². The average molecular weight is 240 g/mol. The van der Waals surface area contributed by atoms with E-state index in [4.69, 9.17) is 0 Å². The molecule has 0 saturated heterocycles. The van der Waals surface area contributed by atoms with E-state index < -0.39 is 0 Å². The fourth-order valence-corrected chi connectivity index (χ4v) is 1.66. The summed E-state index contributed by atoms with van der Waals surface area (Å²) in [4.78, 5) is 11.9. The quantitative estimate of drug-likeness (QED) is 0.807. The van der Waals surface area contributed by atoms with Crippen molar-refractivity contribution >= 4 is 11.6 Å². The highest BCUT2D eigenvalue weighted by molar-refractivity contribution is 5.84. The maximum Gasteiger partial charge on any atom is 0.245 e. The van der Waals surface area contributed by atoms with Gasteiger partial charge in [0.25, 0.3) is 0 Å². The number of hydrazine groups is 1. The molecule has 3 nitrogen and oxygen atoms in total. The summed E-state index contributed by atoms with van der Waals surface area (Å²) in [5, 5.41) is 0. The third kappa shape index (κ3) is 3.10. The number of hydrogen-bond donors (Lipinski definition) is 2. The monoisotopic (exact) mass is 240 g/mol. The summed E-state index contributed by atoms with van der Waals surface area (Å²) < 4.78 is 0. The number of benzene rings is 2. The molecule has 0 aliphatic rings. The van der Waals surface area contributed by atoms with Gasteiger partial charge in [-0.25, -0.2) is 0 Å². The van der Waals surface area contributed by atoms with Crippen molar-refractivity contribution in [3.05, 3.63) is 66.2 Å². The van der Waals surface area contributed by atoms with Crippen LogP contribution < -0.4 is 10.9 Å². The van der Waals surface area contributed by atoms with E-state index in [-0.39, 0.29) is 11.8 Å². The molecule has 92 valence electrons. The van der Waals surface area contributed by atoms with E-state index in [1.807, 2.05) is 67.6 Å². The molecule has 0 aliphatic heterocycles. The van der Waals surface area contributed by atoms with Crippen LogP contribution in [0.15, 0.2) is 60.7 Å². The zero-order valence-electron chi connectivity index (χ0n) is 10.3. The van der Waals surface area contributed by atoms with Crippen LogP contribution >= 0.6 is 0 Å². The van der Waals surface area contributed by atoms with E-state index in [1.165, 1.54) is 0 Å². The lowest BCUT2D eigenvalue weighted by molar-refractivity contribution is -0.121. The maximum absolute atomic E-state index is 11.9. The summed E-state index contributed by atoms with van der Waals surface area (Å²) in [5.74, 6) is -0.229. The topological polar surface area (TPSA) is 41.1 Å². The van der Waals surface area contributed by atoms with Gasteiger partial charge in [0.1, 0.15) is 0 Å². The first-order chi connectivity index (χ1) is 8.77. The summed E-state index contributed by atoms with van der Waals surface area (Å²) >= 11 is 0. The van der Waals surface area contributed by atoms with Gasteiger partial charge in [0.15, 0.2) is 0 Å². The molecular weight excluding hydrogens is 224 g/mol. The Morgan fingerprint density at radius 2 is 1.50 bits per heavy atom. The average Bonchev–Trinajstić information content (AvgIpc) is 2.46. The van der Waals surface area contributed by atoms with Crippen molar-refractivity contribution in [1.29, 1.82) is 0 Å². The largest absolute Gasteiger partial charge is 0.299 e. The zero-order valence-corrected chi connectivity index (χ0v) is 10.3. The molecule has 0 aromatic heterocycles. The van der Waals surface area contributed by atoms with E-state index >= 15 is 0 Å². The van der Waals surface area contributed by atoms with E-state index in [1.54, 1.807) is 0 Å². The van der Waals surface area contributed by atoms with Crippen molar-refractivity contribution in [3.8, 4) is 0 Å². The Morgan fingerprint density at radius 3 is 2.11 bits per heavy atom. The van der Waals surface area contributed by atoms with Crippen LogP contribution in [0.5, 0.6) is 0 Å². The Hall–Kier alpha value is -2.29. The second-order valence-electron chi connectivity index (χ2n) is 4.11. The molecule has 0 heterocycles. The van der Waals surface area contributed by atoms with Gasteiger partial charge >= 0.3 is 0 Å². The minimum atomic E-state index is -0.178. The zero-order chi connectivity index (χ0) is 12.8. The van der Waals surface area contributed by atoms with E-state index in [0.717, 1.165) is 11.3 Å². The molecule has 1 atom stereocenters. The first-order valence-corrected chi connectivity index (χ1v) is 5.93. The number of amides is 1. The summed E-state index contributed by atoms with van der Waals surface area (Å²) in [6.07, 6.45) is 0. The van der Waals surface area contributed by atoms with Gasteiger partial charge in [0.2, 0.25) is 5.91 Å². The lowest BCUT2D eigenvalue weighted by atomic mass is 10.0. The lowest BCUT2D eigenvalue weighted by Crippen LogP contribution is -2.32. The summed E-state index contributed by atoms with van der Waals surface area (Å²) in [6.45, 7) is 1.89. The summed E-state index contributed by atoms with van der Waals surface area (Å²) in [6, 6.07) is 19.3. The molecule has 0 radical (unpaired) electrons. The number of nitrogens with one attached hydrogen (secondary N) is 2. The number of carbonyl (C=O) groups excluding carboxylic acids is 1. The Balaban J connectivity index is 1.93. The number of hydrogen-bond acceptors (Lipinski definition) is 2. The highest BCUT2D eigenvalue weighted by atomic mass is 16.2. The molecule has 2 rings (SSSR count). The fourth-order valence-electron chi connectivity index (χ4n) is 1.66. The lowest BCUT2D eigenvalue weighted by Gasteiger charge is -2.13. The van der Waals surface area contributed by atoms with Crippen LogP contribution in [0, 0.1) is 0 Å². The third-order valence-electron chi connectivity index (χ3n) is 2.80. The molecule has 3 heteroatoms. The smallest absolute Gasteiger partial charge is 0.245 e. The normalized spacial score (nSPS) is 11.6. The van der Waals surface area contributed by atoms with Crippen molar-refractivity contribution in [3.63, 3.8) is 0 Å². The van der Waals surface area contributed by atoms with Crippen LogP contribution in [-0.2, 0) is 4.79 Å². The highest BCUT2D eigenvalue weighted by Gasteiger charge is 2.13. The van der Waals surface area contributed by atoms with Gasteiger partial charge in [0, 0.05) is 0 Å².